The van der Waals surface area contributed by atoms with E-state index in [4.69, 9.17) is 5.73 Å². The van der Waals surface area contributed by atoms with E-state index >= 15 is 0 Å². The molecule has 7 heteroatoms. The number of nitrogens with zero attached hydrogens (tertiary/aromatic N) is 1. The molecule has 0 aromatic heterocycles. The van der Waals surface area contributed by atoms with Gasteiger partial charge in [0.05, 0.1) is 10.8 Å². The molecule has 4 atom stereocenters. The smallest absolute Gasteiger partial charge is 0.242 e. The average Bonchev–Trinajstić information content (AvgIpc) is 3.14. The Morgan fingerprint density at radius 1 is 1.21 bits per heavy atom. The SMILES string of the molecule is CN(C)S(=O)(=O)c1ccc(CNC(=O)C2C3CCC(C3)C2N)cc1. The van der Waals surface area contributed by atoms with Crippen molar-refractivity contribution in [2.24, 2.45) is 23.5 Å². The molecule has 3 N–H and O–H groups in total. The quantitative estimate of drug-likeness (QED) is 0.825. The number of sulfonamides is 1. The first-order valence-electron chi connectivity index (χ1n) is 8.35. The summed E-state index contributed by atoms with van der Waals surface area (Å²) in [5, 5.41) is 2.96. The molecule has 0 radical (unpaired) electrons. The zero-order chi connectivity index (χ0) is 17.5. The third-order valence-electron chi connectivity index (χ3n) is 5.45. The lowest BCUT2D eigenvalue weighted by Gasteiger charge is -2.27. The Kier molecular flexibility index (Phi) is 4.68. The first-order chi connectivity index (χ1) is 11.3. The first kappa shape index (κ1) is 17.4. The highest BCUT2D eigenvalue weighted by atomic mass is 32.2. The lowest BCUT2D eigenvalue weighted by molar-refractivity contribution is -0.127. The molecule has 0 heterocycles. The second-order valence-electron chi connectivity index (χ2n) is 7.09. The van der Waals surface area contributed by atoms with E-state index in [0.29, 0.717) is 18.4 Å². The Bertz CT molecular complexity index is 713. The Morgan fingerprint density at radius 2 is 1.83 bits per heavy atom. The number of nitrogens with two attached hydrogens (primary N) is 1. The van der Waals surface area contributed by atoms with Crippen LogP contribution in [0.1, 0.15) is 24.8 Å². The highest BCUT2D eigenvalue weighted by Crippen LogP contribution is 2.47. The maximum atomic E-state index is 12.4. The van der Waals surface area contributed by atoms with Gasteiger partial charge in [-0.3, -0.25) is 4.79 Å². The van der Waals surface area contributed by atoms with E-state index < -0.39 is 10.0 Å². The van der Waals surface area contributed by atoms with E-state index in [1.54, 1.807) is 24.3 Å². The number of hydrogen-bond acceptors (Lipinski definition) is 4. The number of carbonyl (C=O) groups excluding carboxylic acids is 1. The molecule has 2 saturated carbocycles. The van der Waals surface area contributed by atoms with Crippen LogP contribution in [0.4, 0.5) is 0 Å². The second kappa shape index (κ2) is 6.46. The molecule has 1 aromatic carbocycles. The molecule has 2 aliphatic carbocycles. The highest BCUT2D eigenvalue weighted by Gasteiger charge is 2.48. The summed E-state index contributed by atoms with van der Waals surface area (Å²) in [6.45, 7) is 0.391. The molecule has 2 aliphatic rings. The summed E-state index contributed by atoms with van der Waals surface area (Å²) in [4.78, 5) is 12.7. The van der Waals surface area contributed by atoms with Gasteiger partial charge in [-0.2, -0.15) is 0 Å². The fourth-order valence-corrected chi connectivity index (χ4v) is 4.92. The van der Waals surface area contributed by atoms with Crippen LogP contribution in [-0.2, 0) is 21.4 Å². The van der Waals surface area contributed by atoms with Gasteiger partial charge < -0.3 is 11.1 Å². The van der Waals surface area contributed by atoms with E-state index in [0.717, 1.165) is 24.8 Å². The third kappa shape index (κ3) is 3.08. The van der Waals surface area contributed by atoms with Crippen LogP contribution in [0.5, 0.6) is 0 Å². The summed E-state index contributed by atoms with van der Waals surface area (Å²) >= 11 is 0. The molecular weight excluding hydrogens is 326 g/mol. The van der Waals surface area contributed by atoms with E-state index in [-0.39, 0.29) is 22.8 Å². The number of amides is 1. The number of carbonyl (C=O) groups is 1. The van der Waals surface area contributed by atoms with Crippen molar-refractivity contribution in [2.45, 2.75) is 36.7 Å². The molecule has 2 fully saturated rings. The maximum Gasteiger partial charge on any atom is 0.242 e. The highest BCUT2D eigenvalue weighted by molar-refractivity contribution is 7.89. The van der Waals surface area contributed by atoms with Crippen LogP contribution >= 0.6 is 0 Å². The van der Waals surface area contributed by atoms with Gasteiger partial charge in [-0.25, -0.2) is 12.7 Å². The van der Waals surface area contributed by atoms with E-state index in [9.17, 15) is 13.2 Å². The summed E-state index contributed by atoms with van der Waals surface area (Å²) in [5.74, 6) is 0.885. The Hall–Kier alpha value is -1.44. The maximum absolute atomic E-state index is 12.4. The summed E-state index contributed by atoms with van der Waals surface area (Å²) in [6.07, 6.45) is 3.33. The van der Waals surface area contributed by atoms with Gasteiger partial charge in [0.15, 0.2) is 0 Å². The Morgan fingerprint density at radius 3 is 2.38 bits per heavy atom. The van der Waals surface area contributed by atoms with Crippen LogP contribution in [-0.4, -0.2) is 38.8 Å². The standard InChI is InChI=1S/C17H25N3O3S/c1-20(2)24(22,23)14-7-3-11(4-8-14)10-19-17(21)15-12-5-6-13(9-12)16(15)18/h3-4,7-8,12-13,15-16H,5-6,9-10,18H2,1-2H3,(H,19,21). The summed E-state index contributed by atoms with van der Waals surface area (Å²) in [6, 6.07) is 6.59. The largest absolute Gasteiger partial charge is 0.352 e. The summed E-state index contributed by atoms with van der Waals surface area (Å²) in [7, 11) is -0.418. The van der Waals surface area contributed by atoms with Gasteiger partial charge in [-0.15, -0.1) is 0 Å². The van der Waals surface area contributed by atoms with Crippen molar-refractivity contribution in [3.63, 3.8) is 0 Å². The van der Waals surface area contributed by atoms with Crippen LogP contribution in [0.15, 0.2) is 29.2 Å². The molecule has 6 nitrogen and oxygen atoms in total. The number of hydrogen-bond donors (Lipinski definition) is 2. The lowest BCUT2D eigenvalue weighted by Crippen LogP contribution is -2.45. The molecule has 132 valence electrons. The summed E-state index contributed by atoms with van der Waals surface area (Å²) < 4.78 is 25.3. The van der Waals surface area contributed by atoms with Gasteiger partial charge in [0, 0.05) is 26.7 Å². The van der Waals surface area contributed by atoms with Gasteiger partial charge in [-0.05, 0) is 48.8 Å². The summed E-state index contributed by atoms with van der Waals surface area (Å²) in [5.41, 5.74) is 7.07. The predicted molar refractivity (Wildman–Crippen MR) is 91.5 cm³/mol. The second-order valence-corrected chi connectivity index (χ2v) is 9.24. The fourth-order valence-electron chi connectivity index (χ4n) is 4.02. The van der Waals surface area contributed by atoms with Crippen molar-refractivity contribution in [3.8, 4) is 0 Å². The minimum absolute atomic E-state index is 0.0173. The van der Waals surface area contributed by atoms with Gasteiger partial charge in [0.1, 0.15) is 0 Å². The van der Waals surface area contributed by atoms with Crippen molar-refractivity contribution in [1.82, 2.24) is 9.62 Å². The first-order valence-corrected chi connectivity index (χ1v) is 9.79. The zero-order valence-corrected chi connectivity index (χ0v) is 14.9. The predicted octanol–water partition coefficient (Wildman–Crippen LogP) is 0.927. The van der Waals surface area contributed by atoms with Crippen LogP contribution in [0.2, 0.25) is 0 Å². The monoisotopic (exact) mass is 351 g/mol. The molecular formula is C17H25N3O3S. The van der Waals surface area contributed by atoms with Crippen LogP contribution in [0.25, 0.3) is 0 Å². The van der Waals surface area contributed by atoms with E-state index in [2.05, 4.69) is 5.32 Å². The number of nitrogens with one attached hydrogen (secondary N) is 1. The van der Waals surface area contributed by atoms with Crippen molar-refractivity contribution >= 4 is 15.9 Å². The molecule has 1 amide bonds. The van der Waals surface area contributed by atoms with Crippen LogP contribution in [0.3, 0.4) is 0 Å². The lowest BCUT2D eigenvalue weighted by atomic mass is 9.84. The molecule has 2 bridgehead atoms. The molecule has 0 spiro atoms. The normalized spacial score (nSPS) is 29.2. The third-order valence-corrected chi connectivity index (χ3v) is 7.28. The minimum Gasteiger partial charge on any atom is -0.352 e. The average molecular weight is 351 g/mol. The van der Waals surface area contributed by atoms with Crippen molar-refractivity contribution in [2.75, 3.05) is 14.1 Å². The molecule has 0 saturated heterocycles. The molecule has 24 heavy (non-hydrogen) atoms. The van der Waals surface area contributed by atoms with Gasteiger partial charge in [-0.1, -0.05) is 12.1 Å². The fraction of sp³-hybridized carbons (Fsp3) is 0.588. The molecule has 0 aliphatic heterocycles. The Labute approximate surface area is 143 Å². The molecule has 3 rings (SSSR count). The van der Waals surface area contributed by atoms with Gasteiger partial charge >= 0.3 is 0 Å². The van der Waals surface area contributed by atoms with Crippen LogP contribution < -0.4 is 11.1 Å². The van der Waals surface area contributed by atoms with E-state index in [1.165, 1.54) is 18.4 Å². The number of rotatable bonds is 5. The van der Waals surface area contributed by atoms with E-state index in [1.807, 2.05) is 0 Å². The number of benzene rings is 1. The van der Waals surface area contributed by atoms with Gasteiger partial charge in [0.2, 0.25) is 15.9 Å². The van der Waals surface area contributed by atoms with Gasteiger partial charge in [0.25, 0.3) is 0 Å². The molecule has 1 aromatic rings. The van der Waals surface area contributed by atoms with Crippen LogP contribution in [0, 0.1) is 17.8 Å². The van der Waals surface area contributed by atoms with Crippen molar-refractivity contribution in [3.05, 3.63) is 29.8 Å². The van der Waals surface area contributed by atoms with Crippen molar-refractivity contribution in [1.29, 1.82) is 0 Å². The minimum atomic E-state index is -3.42. The number of fused-ring (bicyclic) bond motifs is 2. The topological polar surface area (TPSA) is 92.5 Å². The Balaban J connectivity index is 1.60. The zero-order valence-electron chi connectivity index (χ0n) is 14.1. The molecule has 4 unspecified atom stereocenters. The van der Waals surface area contributed by atoms with Crippen molar-refractivity contribution < 1.29 is 13.2 Å².